The molecule has 15 heteroatoms. The summed E-state index contributed by atoms with van der Waals surface area (Å²) in [6, 6.07) is -3.77. The summed E-state index contributed by atoms with van der Waals surface area (Å²) in [6.45, 7) is -0.658. The number of thiol groups is 1. The molecule has 14 nitrogen and oxygen atoms in total. The summed E-state index contributed by atoms with van der Waals surface area (Å²) in [5, 5.41) is 4.51. The first-order valence-electron chi connectivity index (χ1n) is 8.65. The number of amides is 2. The number of nitrogens with two attached hydrogens (primary N) is 2. The fourth-order valence-corrected chi connectivity index (χ4v) is 2.17. The lowest BCUT2D eigenvalue weighted by molar-refractivity contribution is -0.262. The maximum atomic E-state index is 12.0. The smallest absolute Gasteiger partial charge is 0.344 e. The van der Waals surface area contributed by atoms with Gasteiger partial charge in [0.1, 0.15) is 24.7 Å². The molecule has 0 aromatic heterocycles. The molecule has 1 rings (SSSR count). The summed E-state index contributed by atoms with van der Waals surface area (Å²) in [7, 11) is 0. The van der Waals surface area contributed by atoms with Crippen LogP contribution in [0.5, 0.6) is 0 Å². The fourth-order valence-electron chi connectivity index (χ4n) is 1.91. The Balaban J connectivity index is 2.79. The fraction of sp³-hybridized carbons (Fsp3) is 0.600. The van der Waals surface area contributed by atoms with Gasteiger partial charge >= 0.3 is 23.9 Å². The van der Waals surface area contributed by atoms with E-state index in [1.165, 1.54) is 0 Å². The van der Waals surface area contributed by atoms with Gasteiger partial charge in [-0.25, -0.2) is 38.7 Å². The van der Waals surface area contributed by atoms with Gasteiger partial charge in [0.15, 0.2) is 0 Å². The zero-order valence-electron chi connectivity index (χ0n) is 15.7. The maximum absolute atomic E-state index is 12.0. The van der Waals surface area contributed by atoms with Gasteiger partial charge < -0.3 is 22.1 Å². The molecule has 1 fully saturated rings. The highest BCUT2D eigenvalue weighted by atomic mass is 32.1. The molecule has 0 aliphatic carbocycles. The van der Waals surface area contributed by atoms with E-state index in [9.17, 15) is 28.8 Å². The summed E-state index contributed by atoms with van der Waals surface area (Å²) >= 11 is 3.94. The lowest BCUT2D eigenvalue weighted by atomic mass is 10.1. The molecule has 1 heterocycles. The predicted octanol–water partition coefficient (Wildman–Crippen LogP) is -3.25. The third-order valence-electron chi connectivity index (χ3n) is 3.62. The number of hydrogen-bond acceptors (Lipinski definition) is 13. The molecule has 0 aromatic carbocycles. The van der Waals surface area contributed by atoms with Crippen molar-refractivity contribution in [3.05, 3.63) is 0 Å². The Bertz CT molecular complexity index is 688. The Morgan fingerprint density at radius 3 is 1.93 bits per heavy atom. The Labute approximate surface area is 175 Å². The first-order chi connectivity index (χ1) is 14.1. The Kier molecular flexibility index (Phi) is 10.6. The van der Waals surface area contributed by atoms with Crippen molar-refractivity contribution >= 4 is 48.3 Å². The van der Waals surface area contributed by atoms with Gasteiger partial charge in [0, 0.05) is 12.2 Å². The van der Waals surface area contributed by atoms with Crippen LogP contribution in [-0.2, 0) is 48.3 Å². The van der Waals surface area contributed by atoms with Gasteiger partial charge in [-0.2, -0.15) is 12.6 Å². The summed E-state index contributed by atoms with van der Waals surface area (Å²) in [6.07, 6.45) is -1.16. The molecule has 1 aliphatic heterocycles. The second kappa shape index (κ2) is 12.6. The zero-order valence-corrected chi connectivity index (χ0v) is 16.6. The van der Waals surface area contributed by atoms with Crippen molar-refractivity contribution in [3.63, 3.8) is 0 Å². The number of rotatable bonds is 1. The van der Waals surface area contributed by atoms with Crippen LogP contribution >= 0.6 is 12.6 Å². The largest absolute Gasteiger partial charge is 0.374 e. The average Bonchev–Trinajstić information content (AvgIpc) is 2.73. The van der Waals surface area contributed by atoms with Crippen LogP contribution in [0.15, 0.2) is 0 Å². The van der Waals surface area contributed by atoms with Crippen LogP contribution in [0.2, 0.25) is 0 Å². The Morgan fingerprint density at radius 1 is 0.833 bits per heavy atom. The molecule has 6 N–H and O–H groups in total. The lowest BCUT2D eigenvalue weighted by Gasteiger charge is -2.17. The second-order valence-electron chi connectivity index (χ2n) is 6.03. The lowest BCUT2D eigenvalue weighted by Crippen LogP contribution is -2.49. The van der Waals surface area contributed by atoms with E-state index < -0.39 is 66.8 Å². The highest BCUT2D eigenvalue weighted by Crippen LogP contribution is 2.03. The predicted molar refractivity (Wildman–Crippen MR) is 97.6 cm³/mol. The van der Waals surface area contributed by atoms with E-state index >= 15 is 0 Å². The van der Waals surface area contributed by atoms with Crippen LogP contribution < -0.4 is 22.1 Å². The summed E-state index contributed by atoms with van der Waals surface area (Å²) in [5.74, 6) is -5.93. The van der Waals surface area contributed by atoms with Crippen molar-refractivity contribution in [2.24, 2.45) is 11.5 Å². The summed E-state index contributed by atoms with van der Waals surface area (Å²) in [4.78, 5) is 87.3. The Morgan fingerprint density at radius 2 is 1.37 bits per heavy atom. The number of nitrogens with one attached hydrogen (secondary N) is 2. The molecule has 0 saturated carbocycles. The van der Waals surface area contributed by atoms with Gasteiger partial charge in [-0.3, -0.25) is 9.59 Å². The molecule has 1 saturated heterocycles. The minimum Gasteiger partial charge on any atom is -0.344 e. The van der Waals surface area contributed by atoms with Crippen LogP contribution in [0.3, 0.4) is 0 Å². The Hall–Kier alpha value is -2.91. The quantitative estimate of drug-likeness (QED) is 0.197. The molecule has 2 unspecified atom stereocenters. The van der Waals surface area contributed by atoms with E-state index in [0.717, 1.165) is 0 Å². The highest BCUT2D eigenvalue weighted by molar-refractivity contribution is 7.80. The minimum atomic E-state index is -1.36. The third-order valence-corrected chi connectivity index (χ3v) is 3.99. The maximum Gasteiger partial charge on any atom is 0.374 e. The summed E-state index contributed by atoms with van der Waals surface area (Å²) in [5.41, 5.74) is 11.0. The normalized spacial score (nSPS) is 26.3. The van der Waals surface area contributed by atoms with Crippen LogP contribution in [0.25, 0.3) is 0 Å². The molecule has 2 amide bonds. The highest BCUT2D eigenvalue weighted by Gasteiger charge is 2.25. The van der Waals surface area contributed by atoms with Gasteiger partial charge in [-0.05, 0) is 12.8 Å². The second-order valence-corrected chi connectivity index (χ2v) is 6.39. The average molecular weight is 450 g/mol. The van der Waals surface area contributed by atoms with Crippen LogP contribution in [0.4, 0.5) is 0 Å². The van der Waals surface area contributed by atoms with E-state index in [-0.39, 0.29) is 25.0 Å². The van der Waals surface area contributed by atoms with E-state index in [4.69, 9.17) is 11.5 Å². The van der Waals surface area contributed by atoms with Crippen LogP contribution in [0, 0.1) is 0 Å². The van der Waals surface area contributed by atoms with E-state index in [1.54, 1.807) is 0 Å². The van der Waals surface area contributed by atoms with E-state index in [2.05, 4.69) is 42.8 Å². The van der Waals surface area contributed by atoms with Crippen molar-refractivity contribution in [2.75, 3.05) is 12.3 Å². The van der Waals surface area contributed by atoms with Crippen molar-refractivity contribution in [1.82, 2.24) is 10.6 Å². The van der Waals surface area contributed by atoms with Crippen LogP contribution in [0.1, 0.15) is 25.7 Å². The molecule has 30 heavy (non-hydrogen) atoms. The van der Waals surface area contributed by atoms with Gasteiger partial charge in [0.2, 0.25) is 11.8 Å². The minimum absolute atomic E-state index is 0.105. The molecule has 3 atom stereocenters. The van der Waals surface area contributed by atoms with Crippen molar-refractivity contribution in [1.29, 1.82) is 0 Å². The molecule has 1 aliphatic rings. The molecular formula is C15H22N4O10S. The van der Waals surface area contributed by atoms with Crippen molar-refractivity contribution < 1.29 is 48.3 Å². The molecular weight excluding hydrogens is 428 g/mol. The first-order valence-corrected chi connectivity index (χ1v) is 9.28. The molecule has 0 aromatic rings. The topological polar surface area (TPSA) is 215 Å². The zero-order chi connectivity index (χ0) is 22.7. The number of carbonyl (C=O) groups excluding carboxylic acids is 6. The van der Waals surface area contributed by atoms with E-state index in [1.807, 2.05) is 0 Å². The SMILES string of the molecule is NC1CCC(=O)NC(CS)C(=O)NCC(=O)OOC(=O)CC[C@@H](N)C(=O)OOC1=O. The number of carbonyl (C=O) groups is 6. The van der Waals surface area contributed by atoms with Gasteiger partial charge in [-0.1, -0.05) is 0 Å². The molecule has 0 spiro atoms. The standard InChI is InChI=1S/C15H22N4O10S/c16-7-1-3-10(20)19-9(6-30)13(23)18-5-12(22)27-26-11(21)4-2-8(17)15(25)29-28-14(7)24/h7-9,30H,1-6,16-17H2,(H,18,23)(H,19,20)/t7?,8-,9?/m1/s1. The van der Waals surface area contributed by atoms with Gasteiger partial charge in [0.05, 0.1) is 6.42 Å². The monoisotopic (exact) mass is 450 g/mol. The van der Waals surface area contributed by atoms with Gasteiger partial charge in [-0.15, -0.1) is 0 Å². The van der Waals surface area contributed by atoms with Crippen molar-refractivity contribution in [2.45, 2.75) is 43.8 Å². The van der Waals surface area contributed by atoms with Crippen LogP contribution in [-0.4, -0.2) is 66.1 Å². The number of hydrogen-bond donors (Lipinski definition) is 5. The van der Waals surface area contributed by atoms with Crippen molar-refractivity contribution in [3.8, 4) is 0 Å². The molecule has 168 valence electrons. The van der Waals surface area contributed by atoms with Gasteiger partial charge in [0.25, 0.3) is 0 Å². The molecule has 0 bridgehead atoms. The first kappa shape index (κ1) is 25.1. The third kappa shape index (κ3) is 9.06. The van der Waals surface area contributed by atoms with E-state index in [0.29, 0.717) is 0 Å². The summed E-state index contributed by atoms with van der Waals surface area (Å²) < 4.78 is 0. The molecule has 0 radical (unpaired) electrons.